The molecule has 0 spiro atoms. The van der Waals surface area contributed by atoms with E-state index in [0.717, 1.165) is 20.6 Å². The standard InChI is InChI=1S/C13H10BrNOS/c14-11-5-7-12(8-6-11)15-9-10-3-1-2-4-13(10)17(15)16/h1-8H,9H2. The number of halogens is 1. The van der Waals surface area contributed by atoms with E-state index in [1.807, 2.05) is 52.8 Å². The van der Waals surface area contributed by atoms with Crippen molar-refractivity contribution in [3.8, 4) is 0 Å². The molecule has 1 unspecified atom stereocenters. The first-order chi connectivity index (χ1) is 8.25. The summed E-state index contributed by atoms with van der Waals surface area (Å²) in [6, 6.07) is 15.8. The lowest BCUT2D eigenvalue weighted by molar-refractivity contribution is 0.683. The van der Waals surface area contributed by atoms with Crippen LogP contribution in [-0.2, 0) is 17.5 Å². The number of hydrogen-bond acceptors (Lipinski definition) is 1. The molecule has 1 aliphatic rings. The average Bonchev–Trinajstić information content (AvgIpc) is 2.69. The summed E-state index contributed by atoms with van der Waals surface area (Å²) in [4.78, 5) is 0.926. The molecular weight excluding hydrogens is 298 g/mol. The third-order valence-corrected chi connectivity index (χ3v) is 4.83. The molecule has 1 atom stereocenters. The van der Waals surface area contributed by atoms with Crippen molar-refractivity contribution in [3.05, 3.63) is 58.6 Å². The van der Waals surface area contributed by atoms with Crippen LogP contribution in [0.2, 0.25) is 0 Å². The van der Waals surface area contributed by atoms with Crippen LogP contribution in [0.15, 0.2) is 57.9 Å². The van der Waals surface area contributed by atoms with Crippen LogP contribution in [0, 0.1) is 0 Å². The fourth-order valence-corrected chi connectivity index (χ4v) is 3.55. The van der Waals surface area contributed by atoms with E-state index >= 15 is 0 Å². The molecule has 0 N–H and O–H groups in total. The van der Waals surface area contributed by atoms with Crippen LogP contribution < -0.4 is 4.31 Å². The Labute approximate surface area is 111 Å². The molecule has 17 heavy (non-hydrogen) atoms. The highest BCUT2D eigenvalue weighted by Crippen LogP contribution is 2.31. The topological polar surface area (TPSA) is 20.3 Å². The van der Waals surface area contributed by atoms with Crippen molar-refractivity contribution in [2.24, 2.45) is 0 Å². The molecule has 2 nitrogen and oxygen atoms in total. The summed E-state index contributed by atoms with van der Waals surface area (Å²) in [5.41, 5.74) is 2.14. The first kappa shape index (κ1) is 11.0. The normalized spacial score (nSPS) is 18.2. The number of benzene rings is 2. The van der Waals surface area contributed by atoms with Crippen molar-refractivity contribution in [3.63, 3.8) is 0 Å². The molecule has 0 radical (unpaired) electrons. The first-order valence-corrected chi connectivity index (χ1v) is 7.18. The van der Waals surface area contributed by atoms with E-state index in [-0.39, 0.29) is 0 Å². The van der Waals surface area contributed by atoms with E-state index < -0.39 is 11.0 Å². The van der Waals surface area contributed by atoms with Gasteiger partial charge >= 0.3 is 0 Å². The molecule has 0 aromatic heterocycles. The third kappa shape index (κ3) is 1.91. The number of anilines is 1. The van der Waals surface area contributed by atoms with Crippen molar-refractivity contribution in [2.75, 3.05) is 4.31 Å². The summed E-state index contributed by atoms with van der Waals surface area (Å²) in [6.45, 7) is 0.713. The van der Waals surface area contributed by atoms with Crippen molar-refractivity contribution in [1.82, 2.24) is 0 Å². The molecule has 0 fully saturated rings. The monoisotopic (exact) mass is 307 g/mol. The van der Waals surface area contributed by atoms with Gasteiger partial charge < -0.3 is 0 Å². The van der Waals surface area contributed by atoms with Crippen molar-refractivity contribution < 1.29 is 4.21 Å². The van der Waals surface area contributed by atoms with Gasteiger partial charge in [-0.15, -0.1) is 0 Å². The second-order valence-corrected chi connectivity index (χ2v) is 6.16. The summed E-state index contributed by atoms with van der Waals surface area (Å²) < 4.78 is 15.3. The van der Waals surface area contributed by atoms with Crippen LogP contribution in [0.5, 0.6) is 0 Å². The molecule has 3 rings (SSSR count). The maximum Gasteiger partial charge on any atom is 0.153 e. The van der Waals surface area contributed by atoms with E-state index in [0.29, 0.717) is 6.54 Å². The van der Waals surface area contributed by atoms with Gasteiger partial charge in [-0.1, -0.05) is 34.1 Å². The Morgan fingerprint density at radius 3 is 2.47 bits per heavy atom. The summed E-state index contributed by atoms with van der Waals surface area (Å²) in [6.07, 6.45) is 0. The van der Waals surface area contributed by atoms with Gasteiger partial charge in [-0.2, -0.15) is 0 Å². The highest BCUT2D eigenvalue weighted by molar-refractivity contribution is 9.10. The Kier molecular flexibility index (Phi) is 2.76. The molecule has 0 amide bonds. The Hall–Kier alpha value is -1.13. The number of rotatable bonds is 1. The summed E-state index contributed by atoms with van der Waals surface area (Å²) >= 11 is 3.40. The molecule has 0 saturated carbocycles. The van der Waals surface area contributed by atoms with Gasteiger partial charge in [0.25, 0.3) is 0 Å². The van der Waals surface area contributed by atoms with Gasteiger partial charge in [0.15, 0.2) is 11.0 Å². The summed E-state index contributed by atoms with van der Waals surface area (Å²) in [5.74, 6) is 0. The van der Waals surface area contributed by atoms with Gasteiger partial charge in [0, 0.05) is 4.47 Å². The molecule has 0 aliphatic carbocycles. The molecule has 1 aliphatic heterocycles. The largest absolute Gasteiger partial charge is 0.283 e. The second kappa shape index (κ2) is 4.27. The van der Waals surface area contributed by atoms with E-state index in [2.05, 4.69) is 15.9 Å². The zero-order valence-corrected chi connectivity index (χ0v) is 11.4. The van der Waals surface area contributed by atoms with Gasteiger partial charge in [-0.3, -0.25) is 4.31 Å². The highest BCUT2D eigenvalue weighted by Gasteiger charge is 2.26. The highest BCUT2D eigenvalue weighted by atomic mass is 79.9. The maximum atomic E-state index is 12.3. The van der Waals surface area contributed by atoms with Crippen molar-refractivity contribution >= 4 is 32.6 Å². The second-order valence-electron chi connectivity index (χ2n) is 3.87. The predicted octanol–water partition coefficient (Wildman–Crippen LogP) is 3.49. The molecule has 2 aromatic rings. The zero-order valence-electron chi connectivity index (χ0n) is 8.97. The van der Waals surface area contributed by atoms with Gasteiger partial charge in [0.05, 0.1) is 17.1 Å². The third-order valence-electron chi connectivity index (χ3n) is 2.79. The fraction of sp³-hybridized carbons (Fsp3) is 0.0769. The van der Waals surface area contributed by atoms with E-state index in [1.54, 1.807) is 0 Å². The average molecular weight is 308 g/mol. The molecule has 86 valence electrons. The Morgan fingerprint density at radius 2 is 1.76 bits per heavy atom. The molecule has 1 heterocycles. The number of nitrogens with zero attached hydrogens (tertiary/aromatic N) is 1. The van der Waals surface area contributed by atoms with Gasteiger partial charge in [0.2, 0.25) is 0 Å². The van der Waals surface area contributed by atoms with Gasteiger partial charge in [-0.25, -0.2) is 4.21 Å². The van der Waals surface area contributed by atoms with Crippen LogP contribution in [0.1, 0.15) is 5.56 Å². The van der Waals surface area contributed by atoms with Crippen LogP contribution in [-0.4, -0.2) is 4.21 Å². The Balaban J connectivity index is 1.99. The van der Waals surface area contributed by atoms with Crippen LogP contribution >= 0.6 is 15.9 Å². The van der Waals surface area contributed by atoms with E-state index in [1.165, 1.54) is 0 Å². The van der Waals surface area contributed by atoms with Crippen LogP contribution in [0.4, 0.5) is 5.69 Å². The predicted molar refractivity (Wildman–Crippen MR) is 73.2 cm³/mol. The van der Waals surface area contributed by atoms with Crippen LogP contribution in [0.25, 0.3) is 0 Å². The molecule has 4 heteroatoms. The van der Waals surface area contributed by atoms with Gasteiger partial charge in [-0.05, 0) is 35.9 Å². The van der Waals surface area contributed by atoms with E-state index in [4.69, 9.17) is 0 Å². The van der Waals surface area contributed by atoms with E-state index in [9.17, 15) is 4.21 Å². The van der Waals surface area contributed by atoms with Gasteiger partial charge in [0.1, 0.15) is 0 Å². The molecular formula is C13H10BrNOS. The lowest BCUT2D eigenvalue weighted by Crippen LogP contribution is -2.17. The van der Waals surface area contributed by atoms with Crippen molar-refractivity contribution in [1.29, 1.82) is 0 Å². The van der Waals surface area contributed by atoms with Crippen molar-refractivity contribution in [2.45, 2.75) is 11.4 Å². The summed E-state index contributed by atoms with van der Waals surface area (Å²) in [7, 11) is -1.08. The minimum absolute atomic E-state index is 0.713. The lowest BCUT2D eigenvalue weighted by Gasteiger charge is -2.15. The number of hydrogen-bond donors (Lipinski definition) is 0. The SMILES string of the molecule is O=S1c2ccccc2CN1c1ccc(Br)cc1. The quantitative estimate of drug-likeness (QED) is 0.790. The Morgan fingerprint density at radius 1 is 1.06 bits per heavy atom. The summed E-state index contributed by atoms with van der Waals surface area (Å²) in [5, 5.41) is 0. The molecule has 0 bridgehead atoms. The molecule has 0 saturated heterocycles. The number of fused-ring (bicyclic) bond motifs is 1. The lowest BCUT2D eigenvalue weighted by atomic mass is 10.2. The maximum absolute atomic E-state index is 12.3. The minimum Gasteiger partial charge on any atom is -0.283 e. The minimum atomic E-state index is -1.08. The zero-order chi connectivity index (χ0) is 11.8. The Bertz CT molecular complexity index is 582. The fourth-order valence-electron chi connectivity index (χ4n) is 1.93. The smallest absolute Gasteiger partial charge is 0.153 e. The van der Waals surface area contributed by atoms with Crippen LogP contribution in [0.3, 0.4) is 0 Å². The molecule has 2 aromatic carbocycles. The first-order valence-electron chi connectivity index (χ1n) is 5.28.